The van der Waals surface area contributed by atoms with Gasteiger partial charge >= 0.3 is 0 Å². The Kier molecular flexibility index (Phi) is 3.17. The summed E-state index contributed by atoms with van der Waals surface area (Å²) >= 11 is 0. The van der Waals surface area contributed by atoms with E-state index in [0.717, 1.165) is 13.0 Å². The van der Waals surface area contributed by atoms with Gasteiger partial charge in [0.1, 0.15) is 0 Å². The van der Waals surface area contributed by atoms with Crippen LogP contribution in [0.4, 0.5) is 5.69 Å². The van der Waals surface area contributed by atoms with Crippen molar-refractivity contribution in [3.8, 4) is 0 Å². The first-order valence-corrected chi connectivity index (χ1v) is 5.84. The third-order valence-electron chi connectivity index (χ3n) is 3.50. The Morgan fingerprint density at radius 3 is 2.81 bits per heavy atom. The van der Waals surface area contributed by atoms with Gasteiger partial charge in [-0.2, -0.15) is 0 Å². The molecule has 0 saturated carbocycles. The molecule has 0 aliphatic carbocycles. The molecular formula is C13H21N3. The van der Waals surface area contributed by atoms with E-state index in [1.54, 1.807) is 0 Å². The summed E-state index contributed by atoms with van der Waals surface area (Å²) in [7, 11) is 6.36. The van der Waals surface area contributed by atoms with E-state index in [2.05, 4.69) is 49.1 Å². The van der Waals surface area contributed by atoms with Crippen molar-refractivity contribution < 1.29 is 0 Å². The molecule has 88 valence electrons. The third kappa shape index (κ3) is 1.81. The SMILES string of the molecule is CN(C)c1cccc2c1CCN(C)C2CN. The van der Waals surface area contributed by atoms with Gasteiger partial charge in [0.25, 0.3) is 0 Å². The lowest BCUT2D eigenvalue weighted by molar-refractivity contribution is 0.236. The van der Waals surface area contributed by atoms with Crippen LogP contribution < -0.4 is 10.6 Å². The van der Waals surface area contributed by atoms with Gasteiger partial charge in [0.15, 0.2) is 0 Å². The molecule has 16 heavy (non-hydrogen) atoms. The first-order chi connectivity index (χ1) is 7.65. The number of rotatable bonds is 2. The van der Waals surface area contributed by atoms with Crippen LogP contribution in [0.3, 0.4) is 0 Å². The number of hydrogen-bond acceptors (Lipinski definition) is 3. The fourth-order valence-corrected chi connectivity index (χ4v) is 2.58. The number of anilines is 1. The van der Waals surface area contributed by atoms with Crippen LogP contribution in [0.15, 0.2) is 18.2 Å². The average Bonchev–Trinajstić information content (AvgIpc) is 2.27. The first-order valence-electron chi connectivity index (χ1n) is 5.84. The zero-order valence-electron chi connectivity index (χ0n) is 10.4. The van der Waals surface area contributed by atoms with Crippen molar-refractivity contribution in [3.63, 3.8) is 0 Å². The van der Waals surface area contributed by atoms with Crippen molar-refractivity contribution in [3.05, 3.63) is 29.3 Å². The van der Waals surface area contributed by atoms with Crippen LogP contribution in [0.25, 0.3) is 0 Å². The van der Waals surface area contributed by atoms with Crippen molar-refractivity contribution in [2.75, 3.05) is 39.1 Å². The minimum Gasteiger partial charge on any atom is -0.377 e. The van der Waals surface area contributed by atoms with Crippen LogP contribution in [0, 0.1) is 0 Å². The summed E-state index contributed by atoms with van der Waals surface area (Å²) in [5.74, 6) is 0. The van der Waals surface area contributed by atoms with E-state index in [4.69, 9.17) is 5.73 Å². The van der Waals surface area contributed by atoms with E-state index in [-0.39, 0.29) is 0 Å². The van der Waals surface area contributed by atoms with Gasteiger partial charge < -0.3 is 10.6 Å². The molecule has 0 spiro atoms. The Labute approximate surface area is 97.8 Å². The lowest BCUT2D eigenvalue weighted by atomic mass is 9.91. The van der Waals surface area contributed by atoms with E-state index < -0.39 is 0 Å². The van der Waals surface area contributed by atoms with Crippen molar-refractivity contribution in [2.45, 2.75) is 12.5 Å². The average molecular weight is 219 g/mol. The molecule has 2 N–H and O–H groups in total. The Bertz CT molecular complexity index is 373. The summed E-state index contributed by atoms with van der Waals surface area (Å²) in [6.45, 7) is 1.79. The Morgan fingerprint density at radius 2 is 2.19 bits per heavy atom. The molecule has 3 nitrogen and oxygen atoms in total. The standard InChI is InChI=1S/C13H21N3/c1-15(2)12-6-4-5-10-11(12)7-8-16(3)13(10)9-14/h4-6,13H,7-9,14H2,1-3H3. The first kappa shape index (κ1) is 11.4. The van der Waals surface area contributed by atoms with Crippen LogP contribution in [0.1, 0.15) is 17.2 Å². The minimum atomic E-state index is 0.378. The Morgan fingerprint density at radius 1 is 1.44 bits per heavy atom. The maximum Gasteiger partial charge on any atom is 0.0471 e. The van der Waals surface area contributed by atoms with Gasteiger partial charge in [0.05, 0.1) is 0 Å². The second kappa shape index (κ2) is 4.44. The van der Waals surface area contributed by atoms with Crippen LogP contribution in [0.2, 0.25) is 0 Å². The molecule has 1 heterocycles. The van der Waals surface area contributed by atoms with Gasteiger partial charge in [-0.3, -0.25) is 4.90 Å². The van der Waals surface area contributed by atoms with Crippen LogP contribution in [-0.2, 0) is 6.42 Å². The molecule has 0 saturated heterocycles. The van der Waals surface area contributed by atoms with Crippen LogP contribution in [-0.4, -0.2) is 39.1 Å². The summed E-state index contributed by atoms with van der Waals surface area (Å²) in [5.41, 5.74) is 10.1. The normalized spacial score (nSPS) is 20.6. The molecule has 2 rings (SSSR count). The molecule has 0 bridgehead atoms. The maximum absolute atomic E-state index is 5.88. The summed E-state index contributed by atoms with van der Waals surface area (Å²) in [6.07, 6.45) is 1.12. The summed E-state index contributed by atoms with van der Waals surface area (Å²) in [5, 5.41) is 0. The van der Waals surface area contributed by atoms with Crippen molar-refractivity contribution >= 4 is 5.69 Å². The summed E-state index contributed by atoms with van der Waals surface area (Å²) < 4.78 is 0. The van der Waals surface area contributed by atoms with Crippen molar-refractivity contribution in [1.82, 2.24) is 4.90 Å². The predicted molar refractivity (Wildman–Crippen MR) is 68.9 cm³/mol. The summed E-state index contributed by atoms with van der Waals surface area (Å²) in [6, 6.07) is 6.92. The smallest absolute Gasteiger partial charge is 0.0471 e. The lowest BCUT2D eigenvalue weighted by Crippen LogP contribution is -2.37. The van der Waals surface area contributed by atoms with E-state index in [9.17, 15) is 0 Å². The molecule has 3 heteroatoms. The zero-order chi connectivity index (χ0) is 11.7. The quantitative estimate of drug-likeness (QED) is 0.812. The highest BCUT2D eigenvalue weighted by atomic mass is 15.1. The molecule has 0 amide bonds. The molecule has 0 radical (unpaired) electrons. The molecule has 1 atom stereocenters. The fraction of sp³-hybridized carbons (Fsp3) is 0.538. The lowest BCUT2D eigenvalue weighted by Gasteiger charge is -2.35. The highest BCUT2D eigenvalue weighted by molar-refractivity contribution is 5.57. The molecule has 1 aromatic rings. The van der Waals surface area contributed by atoms with Crippen LogP contribution in [0.5, 0.6) is 0 Å². The Hall–Kier alpha value is -1.06. The topological polar surface area (TPSA) is 32.5 Å². The highest BCUT2D eigenvalue weighted by Gasteiger charge is 2.25. The summed E-state index contributed by atoms with van der Waals surface area (Å²) in [4.78, 5) is 4.54. The highest BCUT2D eigenvalue weighted by Crippen LogP contribution is 2.33. The van der Waals surface area contributed by atoms with E-state index in [0.29, 0.717) is 12.6 Å². The van der Waals surface area contributed by atoms with Crippen molar-refractivity contribution in [1.29, 1.82) is 0 Å². The number of likely N-dealkylation sites (N-methyl/N-ethyl adjacent to an activating group) is 1. The molecule has 1 aromatic carbocycles. The van der Waals surface area contributed by atoms with Gasteiger partial charge in [-0.25, -0.2) is 0 Å². The number of fused-ring (bicyclic) bond motifs is 1. The van der Waals surface area contributed by atoms with Gasteiger partial charge in [-0.15, -0.1) is 0 Å². The van der Waals surface area contributed by atoms with Gasteiger partial charge in [-0.05, 0) is 30.7 Å². The monoisotopic (exact) mass is 219 g/mol. The van der Waals surface area contributed by atoms with Gasteiger partial charge in [0, 0.05) is 38.9 Å². The maximum atomic E-state index is 5.88. The van der Waals surface area contributed by atoms with Crippen LogP contribution >= 0.6 is 0 Å². The fourth-order valence-electron chi connectivity index (χ4n) is 2.58. The molecule has 1 unspecified atom stereocenters. The Balaban J connectivity index is 2.48. The second-order valence-electron chi connectivity index (χ2n) is 4.72. The molecule has 1 aliphatic heterocycles. The molecular weight excluding hydrogens is 198 g/mol. The number of benzene rings is 1. The minimum absolute atomic E-state index is 0.378. The number of nitrogens with two attached hydrogens (primary N) is 1. The van der Waals surface area contributed by atoms with Gasteiger partial charge in [-0.1, -0.05) is 12.1 Å². The molecule has 0 fully saturated rings. The number of hydrogen-bond donors (Lipinski definition) is 1. The van der Waals surface area contributed by atoms with E-state index in [1.165, 1.54) is 16.8 Å². The van der Waals surface area contributed by atoms with E-state index in [1.807, 2.05) is 0 Å². The predicted octanol–water partition coefficient (Wildman–Crippen LogP) is 1.24. The second-order valence-corrected chi connectivity index (χ2v) is 4.72. The van der Waals surface area contributed by atoms with Crippen molar-refractivity contribution in [2.24, 2.45) is 5.73 Å². The largest absolute Gasteiger partial charge is 0.377 e. The molecule has 1 aliphatic rings. The zero-order valence-corrected chi connectivity index (χ0v) is 10.4. The van der Waals surface area contributed by atoms with E-state index >= 15 is 0 Å². The third-order valence-corrected chi connectivity index (χ3v) is 3.50. The van der Waals surface area contributed by atoms with Gasteiger partial charge in [0.2, 0.25) is 0 Å². The molecule has 0 aromatic heterocycles. The number of nitrogens with zero attached hydrogens (tertiary/aromatic N) is 2.